The van der Waals surface area contributed by atoms with Crippen LogP contribution >= 0.6 is 0 Å². The fourth-order valence-corrected chi connectivity index (χ4v) is 11.8. The van der Waals surface area contributed by atoms with Crippen molar-refractivity contribution in [3.8, 4) is 0 Å². The van der Waals surface area contributed by atoms with Crippen LogP contribution in [0.1, 0.15) is 415 Å². The summed E-state index contributed by atoms with van der Waals surface area (Å²) < 4.78 is 0. The zero-order valence-corrected chi connectivity index (χ0v) is 71.9. The third kappa shape index (κ3) is 52.6. The van der Waals surface area contributed by atoms with Crippen molar-refractivity contribution >= 4 is 5.97 Å². The lowest BCUT2D eigenvalue weighted by atomic mass is 9.71. The summed E-state index contributed by atoms with van der Waals surface area (Å²) in [6, 6.07) is 17.8. The van der Waals surface area contributed by atoms with Gasteiger partial charge in [-0.3, -0.25) is 4.79 Å². The second kappa shape index (κ2) is 42.1. The number of aryl methyl sites for hydroxylation is 1. The van der Waals surface area contributed by atoms with Gasteiger partial charge in [0.1, 0.15) is 0 Å². The van der Waals surface area contributed by atoms with Crippen LogP contribution in [0.15, 0.2) is 48.5 Å². The summed E-state index contributed by atoms with van der Waals surface area (Å²) in [6.07, 6.45) is 24.7. The first kappa shape index (κ1) is 97.3. The number of carbonyl (C=O) groups is 1. The Labute approximate surface area is 589 Å². The number of fused-ring (bicyclic) bond motifs is 2. The number of hydrogen-bond acceptors (Lipinski definition) is 1. The molecule has 2 saturated carbocycles. The molecule has 0 spiro atoms. The molecule has 0 saturated heterocycles. The zero-order chi connectivity index (χ0) is 74.4. The van der Waals surface area contributed by atoms with Gasteiger partial charge in [-0.2, -0.15) is 0 Å². The van der Waals surface area contributed by atoms with Gasteiger partial charge in [-0.25, -0.2) is 0 Å². The van der Waals surface area contributed by atoms with E-state index >= 15 is 0 Å². The van der Waals surface area contributed by atoms with E-state index in [4.69, 9.17) is 5.11 Å². The number of rotatable bonds is 4. The van der Waals surface area contributed by atoms with Crippen molar-refractivity contribution in [2.24, 2.45) is 94.6 Å². The predicted molar refractivity (Wildman–Crippen MR) is 428 cm³/mol. The number of aliphatic carboxylic acids is 1. The molecular formula is C91H176O2. The number of hydrogen-bond donors (Lipinski definition) is 1. The van der Waals surface area contributed by atoms with Gasteiger partial charge in [0.2, 0.25) is 0 Å². The zero-order valence-electron chi connectivity index (χ0n) is 71.9. The van der Waals surface area contributed by atoms with Crippen LogP contribution in [0.2, 0.25) is 0 Å². The van der Waals surface area contributed by atoms with Crippen molar-refractivity contribution in [2.45, 2.75) is 412 Å². The van der Waals surface area contributed by atoms with E-state index in [1.807, 2.05) is 20.8 Å². The molecule has 2 atom stereocenters. The molecule has 4 aliphatic rings. The van der Waals surface area contributed by atoms with E-state index in [0.29, 0.717) is 59.6 Å². The average Bonchev–Trinajstić information content (AvgIpc) is 1.69. The third-order valence-electron chi connectivity index (χ3n) is 21.1. The molecule has 0 bridgehead atoms. The van der Waals surface area contributed by atoms with Gasteiger partial charge >= 0.3 is 5.97 Å². The highest BCUT2D eigenvalue weighted by Crippen LogP contribution is 2.45. The Morgan fingerprint density at radius 2 is 0.731 bits per heavy atom. The molecule has 0 radical (unpaired) electrons. The molecule has 0 aliphatic heterocycles. The SMILES string of the molecule is CC(C)(C)C(C)(C)C.CC(C)(C)C1CCCC1.CC(C)(C)C1CCCCC1.CC(C)(C)C1CCc2ccccc21.CC(C)(C)C1Cc2ccccc2C1.CC(C)(C)CC(C)(C)C.CC(C)(C)CCC(=O)O.CC(C)C(C)(C)C.CCC(C)C(C)(C)C.CCCC(C)(C)C. The van der Waals surface area contributed by atoms with Crippen molar-refractivity contribution in [1.82, 2.24) is 0 Å². The van der Waals surface area contributed by atoms with E-state index in [0.717, 1.165) is 41.9 Å². The first-order valence-corrected chi connectivity index (χ1v) is 38.6. The second-order valence-electron chi connectivity index (χ2n) is 43.2. The van der Waals surface area contributed by atoms with Crippen molar-refractivity contribution in [3.05, 3.63) is 70.8 Å². The normalized spacial score (nSPS) is 17.1. The number of carboxylic acids is 1. The fraction of sp³-hybridized carbons (Fsp3) is 0.857. The summed E-state index contributed by atoms with van der Waals surface area (Å²) in [4.78, 5) is 10.0. The van der Waals surface area contributed by atoms with Gasteiger partial charge in [-0.15, -0.1) is 0 Å². The Morgan fingerprint density at radius 1 is 0.409 bits per heavy atom. The Kier molecular flexibility index (Phi) is 44.1. The highest BCUT2D eigenvalue weighted by Gasteiger charge is 2.33. The molecule has 6 rings (SSSR count). The maximum absolute atomic E-state index is 10.0. The van der Waals surface area contributed by atoms with Gasteiger partial charge in [0.15, 0.2) is 0 Å². The van der Waals surface area contributed by atoms with Crippen LogP contribution in [0, 0.1) is 94.6 Å². The lowest BCUT2D eigenvalue weighted by Gasteiger charge is -2.34. The van der Waals surface area contributed by atoms with Crippen molar-refractivity contribution in [2.75, 3.05) is 0 Å². The molecule has 552 valence electrons. The van der Waals surface area contributed by atoms with Crippen LogP contribution in [0.5, 0.6) is 0 Å². The smallest absolute Gasteiger partial charge is 0.303 e. The summed E-state index contributed by atoms with van der Waals surface area (Å²) in [6.45, 7) is 93.6. The Balaban J connectivity index is -0.000000477. The molecule has 2 aromatic rings. The lowest BCUT2D eigenvalue weighted by Crippen LogP contribution is -2.25. The summed E-state index contributed by atoms with van der Waals surface area (Å²) in [7, 11) is 0. The van der Waals surface area contributed by atoms with Crippen molar-refractivity contribution < 1.29 is 9.90 Å². The molecule has 2 nitrogen and oxygen atoms in total. The maximum atomic E-state index is 10.0. The fourth-order valence-electron chi connectivity index (χ4n) is 11.8. The minimum atomic E-state index is -0.704. The summed E-state index contributed by atoms with van der Waals surface area (Å²) in [5.41, 5.74) is 11.9. The van der Waals surface area contributed by atoms with Crippen LogP contribution in [0.25, 0.3) is 0 Å². The quantitative estimate of drug-likeness (QED) is 0.331. The first-order chi connectivity index (χ1) is 41.2. The van der Waals surface area contributed by atoms with Gasteiger partial charge in [0.25, 0.3) is 0 Å². The van der Waals surface area contributed by atoms with Crippen LogP contribution < -0.4 is 0 Å². The first-order valence-electron chi connectivity index (χ1n) is 38.6. The van der Waals surface area contributed by atoms with Gasteiger partial charge in [0, 0.05) is 6.42 Å². The van der Waals surface area contributed by atoms with E-state index < -0.39 is 5.97 Å². The van der Waals surface area contributed by atoms with Crippen molar-refractivity contribution in [3.63, 3.8) is 0 Å². The molecule has 1 N–H and O–H groups in total. The third-order valence-corrected chi connectivity index (χ3v) is 21.1. The van der Waals surface area contributed by atoms with E-state index in [-0.39, 0.29) is 11.8 Å². The Hall–Kier alpha value is -2.09. The predicted octanol–water partition coefficient (Wildman–Crippen LogP) is 31.1. The Bertz CT molecular complexity index is 2120. The second-order valence-corrected chi connectivity index (χ2v) is 43.2. The maximum Gasteiger partial charge on any atom is 0.303 e. The Morgan fingerprint density at radius 3 is 0.925 bits per heavy atom. The largest absolute Gasteiger partial charge is 0.481 e. The van der Waals surface area contributed by atoms with E-state index in [2.05, 4.69) is 312 Å². The molecule has 0 aromatic heterocycles. The molecule has 2 heteroatoms. The molecule has 0 amide bonds. The van der Waals surface area contributed by atoms with Gasteiger partial charge in [-0.05, 0) is 193 Å². The number of benzene rings is 2. The number of carboxylic acid groups (broad SMARTS) is 1. The molecule has 0 heterocycles. The average molecular weight is 1300 g/mol. The standard InChI is InChI=1S/2C13H18.C10H20.C9H18.C9H20.2C8H18.C7H14O2.2C7H16/c1-13(2,3)12-8-10-6-4-5-7-11(10)9-12;1-13(2,3)12-9-8-10-6-4-5-7-11(10)12;1-10(2,3)9-7-5-4-6-8-9;1-9(2,3)8-6-4-5-7-8;1-8(2,3)7-9(4,5)6;1-7(2,3)8(4,5)6;1-6-7(2)8(3,4)5;1-7(2,3)5-4-6(8)9;1-6(2)7(3,4)5;1-5-6-7(2,3)4/h2*4-7,12H,8-9H2,1-3H3;9H,4-8H2,1-3H3;8H,4-7H2,1-3H3;7H2,1-6H3;1-6H3;7H,6H2,1-5H3;4-5H2,1-3H3,(H,8,9);6H,1-5H3;5-6H2,1-4H3. The van der Waals surface area contributed by atoms with Gasteiger partial charge in [0.05, 0.1) is 0 Å². The van der Waals surface area contributed by atoms with E-state index in [9.17, 15) is 4.79 Å². The summed E-state index contributed by atoms with van der Waals surface area (Å²) in [5, 5.41) is 8.28. The monoisotopic (exact) mass is 1300 g/mol. The summed E-state index contributed by atoms with van der Waals surface area (Å²) >= 11 is 0. The molecular weight excluding hydrogens is 1120 g/mol. The molecule has 2 unspecified atom stereocenters. The molecule has 2 aromatic carbocycles. The minimum Gasteiger partial charge on any atom is -0.481 e. The van der Waals surface area contributed by atoms with Crippen LogP contribution in [0.4, 0.5) is 0 Å². The van der Waals surface area contributed by atoms with Gasteiger partial charge < -0.3 is 5.11 Å². The molecule has 2 fully saturated rings. The van der Waals surface area contributed by atoms with Crippen LogP contribution in [-0.4, -0.2) is 11.1 Å². The molecule has 93 heavy (non-hydrogen) atoms. The molecule has 4 aliphatic carbocycles. The van der Waals surface area contributed by atoms with Gasteiger partial charge in [-0.1, -0.05) is 377 Å². The van der Waals surface area contributed by atoms with E-state index in [1.165, 1.54) is 109 Å². The van der Waals surface area contributed by atoms with Crippen LogP contribution in [-0.2, 0) is 24.1 Å². The highest BCUT2D eigenvalue weighted by molar-refractivity contribution is 5.66. The van der Waals surface area contributed by atoms with E-state index in [1.54, 1.807) is 22.3 Å². The van der Waals surface area contributed by atoms with Crippen LogP contribution in [0.3, 0.4) is 0 Å². The minimum absolute atomic E-state index is 0.151. The van der Waals surface area contributed by atoms with Crippen molar-refractivity contribution in [1.29, 1.82) is 0 Å². The lowest BCUT2D eigenvalue weighted by molar-refractivity contribution is -0.137. The topological polar surface area (TPSA) is 37.3 Å². The summed E-state index contributed by atoms with van der Waals surface area (Å²) in [5.74, 6) is 4.56. The highest BCUT2D eigenvalue weighted by atomic mass is 16.4.